The molecule has 0 radical (unpaired) electrons. The molecule has 2 atom stereocenters. The number of hydrogen-bond donors (Lipinski definition) is 2. The van der Waals surface area contributed by atoms with Gasteiger partial charge >= 0.3 is 0 Å². The summed E-state index contributed by atoms with van der Waals surface area (Å²) in [6, 6.07) is 13.1. The summed E-state index contributed by atoms with van der Waals surface area (Å²) in [6.07, 6.45) is 4.09. The highest BCUT2D eigenvalue weighted by molar-refractivity contribution is 7.17. The zero-order valence-electron chi connectivity index (χ0n) is 17.2. The number of nitrogens with zero attached hydrogens (tertiary/aromatic N) is 3. The first-order valence-electron chi connectivity index (χ1n) is 9.89. The van der Waals surface area contributed by atoms with Gasteiger partial charge in [0.1, 0.15) is 12.1 Å². The van der Waals surface area contributed by atoms with Crippen LogP contribution >= 0.6 is 11.3 Å². The summed E-state index contributed by atoms with van der Waals surface area (Å²) in [5.74, 6) is 6.73. The van der Waals surface area contributed by atoms with Crippen molar-refractivity contribution in [3.05, 3.63) is 77.1 Å². The highest BCUT2D eigenvalue weighted by Crippen LogP contribution is 2.32. The molecule has 4 rings (SSSR count). The van der Waals surface area contributed by atoms with Crippen molar-refractivity contribution in [2.24, 2.45) is 11.5 Å². The molecular weight excluding hydrogens is 406 g/mol. The van der Waals surface area contributed by atoms with E-state index in [0.717, 1.165) is 32.6 Å². The summed E-state index contributed by atoms with van der Waals surface area (Å²) in [5, 5.41) is 1.98. The van der Waals surface area contributed by atoms with Crippen LogP contribution in [-0.4, -0.2) is 34.7 Å². The number of thiophene rings is 1. The Morgan fingerprint density at radius 2 is 1.84 bits per heavy atom. The minimum Gasteiger partial charge on any atom is -0.372 e. The second kappa shape index (κ2) is 9.77. The average Bonchev–Trinajstić information content (AvgIpc) is 3.22. The molecule has 2 unspecified atom stereocenters. The molecule has 6 nitrogen and oxygen atoms in total. The lowest BCUT2D eigenvalue weighted by Gasteiger charge is -2.20. The van der Waals surface area contributed by atoms with Crippen molar-refractivity contribution >= 4 is 21.6 Å². The maximum atomic E-state index is 6.65. The summed E-state index contributed by atoms with van der Waals surface area (Å²) in [4.78, 5) is 13.7. The van der Waals surface area contributed by atoms with Gasteiger partial charge in [-0.15, -0.1) is 11.3 Å². The van der Waals surface area contributed by atoms with Crippen molar-refractivity contribution in [3.63, 3.8) is 0 Å². The summed E-state index contributed by atoms with van der Waals surface area (Å²) in [7, 11) is 1.62. The number of aromatic nitrogens is 3. The van der Waals surface area contributed by atoms with E-state index in [-0.39, 0.29) is 6.04 Å². The van der Waals surface area contributed by atoms with Gasteiger partial charge < -0.3 is 16.2 Å². The molecule has 0 saturated heterocycles. The Hall–Kier alpha value is -3.15. The minimum absolute atomic E-state index is 0.295. The van der Waals surface area contributed by atoms with E-state index in [9.17, 15) is 0 Å². The van der Waals surface area contributed by atoms with Crippen LogP contribution in [0.4, 0.5) is 0 Å². The normalized spacial score (nSPS) is 12.9. The van der Waals surface area contributed by atoms with E-state index in [0.29, 0.717) is 18.9 Å². The topological polar surface area (TPSA) is 99.9 Å². The van der Waals surface area contributed by atoms with Gasteiger partial charge in [0.2, 0.25) is 0 Å². The highest BCUT2D eigenvalue weighted by Gasteiger charge is 2.23. The zero-order valence-corrected chi connectivity index (χ0v) is 18.0. The van der Waals surface area contributed by atoms with Gasteiger partial charge in [0, 0.05) is 36.5 Å². The van der Waals surface area contributed by atoms with Gasteiger partial charge in [-0.3, -0.25) is 4.98 Å². The Bertz CT molecular complexity index is 1210. The predicted octanol–water partition coefficient (Wildman–Crippen LogP) is 3.32. The second-order valence-corrected chi connectivity index (χ2v) is 7.99. The quantitative estimate of drug-likeness (QED) is 0.456. The first-order chi connectivity index (χ1) is 15.2. The number of benzene rings is 1. The third-order valence-corrected chi connectivity index (χ3v) is 5.90. The first-order valence-corrected chi connectivity index (χ1v) is 10.8. The second-order valence-electron chi connectivity index (χ2n) is 7.11. The van der Waals surface area contributed by atoms with E-state index < -0.39 is 6.04 Å². The maximum Gasteiger partial charge on any atom is 0.160 e. The van der Waals surface area contributed by atoms with E-state index >= 15 is 0 Å². The molecule has 0 bridgehead atoms. The van der Waals surface area contributed by atoms with Gasteiger partial charge in [-0.05, 0) is 24.1 Å². The average molecular weight is 430 g/mol. The molecule has 0 amide bonds. The minimum atomic E-state index is -0.454. The molecule has 0 aliphatic rings. The van der Waals surface area contributed by atoms with Crippen molar-refractivity contribution in [1.29, 1.82) is 0 Å². The molecule has 4 N–H and O–H groups in total. The lowest BCUT2D eigenvalue weighted by atomic mass is 9.98. The fourth-order valence-electron chi connectivity index (χ4n) is 3.30. The smallest absolute Gasteiger partial charge is 0.160 e. The number of pyridine rings is 1. The summed E-state index contributed by atoms with van der Waals surface area (Å²) in [5.41, 5.74) is 17.5. The predicted molar refractivity (Wildman–Crippen MR) is 124 cm³/mol. The molecule has 0 saturated carbocycles. The van der Waals surface area contributed by atoms with Gasteiger partial charge in [0.15, 0.2) is 5.82 Å². The lowest BCUT2D eigenvalue weighted by Crippen LogP contribution is -2.36. The van der Waals surface area contributed by atoms with Crippen molar-refractivity contribution in [3.8, 4) is 23.2 Å². The maximum absolute atomic E-state index is 6.65. The van der Waals surface area contributed by atoms with Crippen molar-refractivity contribution < 1.29 is 4.74 Å². The molecule has 1 aromatic carbocycles. The van der Waals surface area contributed by atoms with Gasteiger partial charge in [0.05, 0.1) is 22.0 Å². The molecule has 156 valence electrons. The van der Waals surface area contributed by atoms with E-state index in [1.165, 1.54) is 11.3 Å². The molecule has 3 aromatic heterocycles. The van der Waals surface area contributed by atoms with Crippen molar-refractivity contribution in [1.82, 2.24) is 15.0 Å². The Morgan fingerprint density at radius 3 is 2.58 bits per heavy atom. The Morgan fingerprint density at radius 1 is 1.06 bits per heavy atom. The van der Waals surface area contributed by atoms with Crippen molar-refractivity contribution in [2.45, 2.75) is 18.5 Å². The summed E-state index contributed by atoms with van der Waals surface area (Å²) >= 11 is 1.54. The first kappa shape index (κ1) is 21.1. The van der Waals surface area contributed by atoms with Crippen LogP contribution in [0.25, 0.3) is 21.6 Å². The zero-order chi connectivity index (χ0) is 21.6. The van der Waals surface area contributed by atoms with Crippen LogP contribution in [0.1, 0.15) is 22.9 Å². The van der Waals surface area contributed by atoms with Crippen LogP contribution in [0.2, 0.25) is 0 Å². The SMILES string of the molecule is COCC#Cc1csc2c(C(N)C(N)Cc3ccccc3)nc(-c3ccncc3)nc12. The monoisotopic (exact) mass is 429 g/mol. The fraction of sp³-hybridized carbons (Fsp3) is 0.208. The molecule has 31 heavy (non-hydrogen) atoms. The van der Waals surface area contributed by atoms with Crippen LogP contribution in [0.3, 0.4) is 0 Å². The molecule has 0 aliphatic carbocycles. The Kier molecular flexibility index (Phi) is 6.65. The fourth-order valence-corrected chi connectivity index (χ4v) is 4.28. The Labute approximate surface area is 185 Å². The van der Waals surface area contributed by atoms with E-state index in [4.69, 9.17) is 26.2 Å². The standard InChI is InChI=1S/C24H23N5OS/c1-30-13-5-8-18-15-31-23-21(18)28-24(17-9-11-27-12-10-17)29-22(23)20(26)19(25)14-16-6-3-2-4-7-16/h2-4,6-7,9-12,15,19-20H,13-14,25-26H2,1H3. The van der Waals surface area contributed by atoms with Gasteiger partial charge in [-0.25, -0.2) is 9.97 Å². The summed E-state index contributed by atoms with van der Waals surface area (Å²) in [6.45, 7) is 0.355. The van der Waals surface area contributed by atoms with E-state index in [2.05, 4.69) is 29.0 Å². The van der Waals surface area contributed by atoms with Crippen molar-refractivity contribution in [2.75, 3.05) is 13.7 Å². The van der Waals surface area contributed by atoms with E-state index in [1.54, 1.807) is 19.5 Å². The number of nitrogens with two attached hydrogens (primary N) is 2. The van der Waals surface area contributed by atoms with Crippen LogP contribution in [0.15, 0.2) is 60.2 Å². The molecule has 7 heteroatoms. The molecule has 0 fully saturated rings. The lowest BCUT2D eigenvalue weighted by molar-refractivity contribution is 0.240. The van der Waals surface area contributed by atoms with Gasteiger partial charge in [-0.2, -0.15) is 0 Å². The number of ether oxygens (including phenoxy) is 1. The Balaban J connectivity index is 1.78. The number of hydrogen-bond acceptors (Lipinski definition) is 7. The van der Waals surface area contributed by atoms with Crippen LogP contribution in [0.5, 0.6) is 0 Å². The van der Waals surface area contributed by atoms with Crippen LogP contribution in [-0.2, 0) is 11.2 Å². The third kappa shape index (κ3) is 4.79. The molecule has 0 spiro atoms. The molecule has 3 heterocycles. The third-order valence-electron chi connectivity index (χ3n) is 4.91. The molecule has 4 aromatic rings. The van der Waals surface area contributed by atoms with Gasteiger partial charge in [-0.1, -0.05) is 42.2 Å². The molecular formula is C24H23N5OS. The number of fused-ring (bicyclic) bond motifs is 1. The van der Waals surface area contributed by atoms with Crippen LogP contribution < -0.4 is 11.5 Å². The molecule has 0 aliphatic heterocycles. The number of rotatable bonds is 6. The highest BCUT2D eigenvalue weighted by atomic mass is 32.1. The summed E-state index contributed by atoms with van der Waals surface area (Å²) < 4.78 is 5.96. The van der Waals surface area contributed by atoms with Crippen LogP contribution in [0, 0.1) is 11.8 Å². The van der Waals surface area contributed by atoms with Gasteiger partial charge in [0.25, 0.3) is 0 Å². The van der Waals surface area contributed by atoms with E-state index in [1.807, 2.05) is 35.7 Å². The number of methoxy groups -OCH3 is 1. The largest absolute Gasteiger partial charge is 0.372 e.